The van der Waals surface area contributed by atoms with Crippen molar-refractivity contribution in [3.63, 3.8) is 0 Å². The third-order valence-electron chi connectivity index (χ3n) is 1.33. The molecule has 0 bridgehead atoms. The molecule has 1 rings (SSSR count). The van der Waals surface area contributed by atoms with E-state index < -0.39 is 0 Å². The van der Waals surface area contributed by atoms with Gasteiger partial charge in [0.15, 0.2) is 0 Å². The van der Waals surface area contributed by atoms with E-state index in [1.807, 2.05) is 12.2 Å². The number of rotatable bonds is 1. The van der Waals surface area contributed by atoms with Gasteiger partial charge in [0.05, 0.1) is 5.70 Å². The van der Waals surface area contributed by atoms with E-state index >= 15 is 0 Å². The van der Waals surface area contributed by atoms with Crippen molar-refractivity contribution >= 4 is 0 Å². The first-order valence-corrected chi connectivity index (χ1v) is 3.11. The van der Waals surface area contributed by atoms with Crippen molar-refractivity contribution < 1.29 is 0 Å². The monoisotopic (exact) mass is 138 g/mol. The maximum atomic E-state index is 5.55. The van der Waals surface area contributed by atoms with Gasteiger partial charge in [-0.05, 0) is 12.8 Å². The van der Waals surface area contributed by atoms with Crippen molar-refractivity contribution in [2.45, 2.75) is 12.8 Å². The predicted octanol–water partition coefficient (Wildman–Crippen LogP) is 0.833. The maximum Gasteiger partial charge on any atom is 0.106 e. The average molecular weight is 138 g/mol. The van der Waals surface area contributed by atoms with E-state index in [0.29, 0.717) is 11.4 Å². The van der Waals surface area contributed by atoms with E-state index in [1.165, 1.54) is 0 Å². The quantitative estimate of drug-likeness (QED) is 0.320. The lowest BCUT2D eigenvalue weighted by atomic mass is 10.1. The molecule has 0 radical (unpaired) electrons. The molecule has 0 unspecified atom stereocenters. The zero-order chi connectivity index (χ0) is 7.40. The first kappa shape index (κ1) is 6.80. The molecule has 0 aromatic heterocycles. The Morgan fingerprint density at radius 3 is 2.60 bits per heavy atom. The van der Waals surface area contributed by atoms with Crippen LogP contribution in [-0.2, 0) is 0 Å². The number of hydrogen-bond donors (Lipinski definition) is 2. The zero-order valence-corrected chi connectivity index (χ0v) is 5.62. The summed E-state index contributed by atoms with van der Waals surface area (Å²) < 4.78 is 0. The molecule has 0 aromatic rings. The van der Waals surface area contributed by atoms with Gasteiger partial charge in [0, 0.05) is 0 Å². The molecule has 1 aliphatic carbocycles. The van der Waals surface area contributed by atoms with Crippen LogP contribution >= 0.6 is 0 Å². The van der Waals surface area contributed by atoms with Gasteiger partial charge in [-0.25, -0.2) is 0 Å². The van der Waals surface area contributed by atoms with Crippen molar-refractivity contribution in [2.24, 2.45) is 21.9 Å². The highest BCUT2D eigenvalue weighted by Gasteiger charge is 2.02. The summed E-state index contributed by atoms with van der Waals surface area (Å²) in [6.07, 6.45) is 5.79. The van der Waals surface area contributed by atoms with E-state index in [9.17, 15) is 0 Å². The lowest BCUT2D eigenvalue weighted by Gasteiger charge is -2.04. The predicted molar refractivity (Wildman–Crippen MR) is 38.6 cm³/mol. The summed E-state index contributed by atoms with van der Waals surface area (Å²) in [5, 5.41) is 6.78. The van der Waals surface area contributed by atoms with Crippen LogP contribution in [0.1, 0.15) is 12.8 Å². The SMILES string of the molecule is NN=NC1=CCCC=C1N. The fraction of sp³-hybridized carbons (Fsp3) is 0.333. The zero-order valence-electron chi connectivity index (χ0n) is 5.62. The number of nitrogens with two attached hydrogens (primary N) is 2. The lowest BCUT2D eigenvalue weighted by Crippen LogP contribution is -2.02. The second-order valence-corrected chi connectivity index (χ2v) is 2.04. The standard InChI is InChI=1S/C6H10N4/c7-5-3-1-2-4-6(5)9-10-8/h3-4H,1-2,7H2,(H2,8,9). The molecule has 4 heteroatoms. The maximum absolute atomic E-state index is 5.55. The molecule has 0 saturated heterocycles. The fourth-order valence-corrected chi connectivity index (χ4v) is 0.842. The minimum absolute atomic E-state index is 0.667. The summed E-state index contributed by atoms with van der Waals surface area (Å²) in [5.41, 5.74) is 6.90. The van der Waals surface area contributed by atoms with Crippen LogP contribution in [0.15, 0.2) is 33.9 Å². The Morgan fingerprint density at radius 1 is 1.30 bits per heavy atom. The molecule has 4 nitrogen and oxygen atoms in total. The smallest absolute Gasteiger partial charge is 0.106 e. The molecule has 0 atom stereocenters. The van der Waals surface area contributed by atoms with Crippen LogP contribution < -0.4 is 11.6 Å². The first-order chi connectivity index (χ1) is 4.84. The summed E-state index contributed by atoms with van der Waals surface area (Å²) >= 11 is 0. The van der Waals surface area contributed by atoms with Gasteiger partial charge in [0.25, 0.3) is 0 Å². The molecule has 0 fully saturated rings. The molecule has 0 aromatic carbocycles. The van der Waals surface area contributed by atoms with Gasteiger partial charge in [0.1, 0.15) is 5.70 Å². The summed E-state index contributed by atoms with van der Waals surface area (Å²) in [6, 6.07) is 0. The fourth-order valence-electron chi connectivity index (χ4n) is 0.842. The van der Waals surface area contributed by atoms with E-state index in [2.05, 4.69) is 10.3 Å². The summed E-state index contributed by atoms with van der Waals surface area (Å²) in [5.74, 6) is 4.86. The van der Waals surface area contributed by atoms with E-state index in [4.69, 9.17) is 11.6 Å². The molecule has 1 aliphatic rings. The topological polar surface area (TPSA) is 76.8 Å². The summed E-state index contributed by atoms with van der Waals surface area (Å²) in [4.78, 5) is 0. The summed E-state index contributed by atoms with van der Waals surface area (Å²) in [6.45, 7) is 0. The van der Waals surface area contributed by atoms with Crippen LogP contribution in [0.2, 0.25) is 0 Å². The molecule has 0 saturated carbocycles. The molecular weight excluding hydrogens is 128 g/mol. The second-order valence-electron chi connectivity index (χ2n) is 2.04. The largest absolute Gasteiger partial charge is 0.397 e. The molecule has 0 aliphatic heterocycles. The normalized spacial score (nSPS) is 18.8. The Labute approximate surface area is 59.3 Å². The molecule has 0 amide bonds. The van der Waals surface area contributed by atoms with Gasteiger partial charge in [-0.2, -0.15) is 0 Å². The van der Waals surface area contributed by atoms with Crippen LogP contribution in [-0.4, -0.2) is 0 Å². The Balaban J connectivity index is 2.74. The van der Waals surface area contributed by atoms with Gasteiger partial charge in [0.2, 0.25) is 0 Å². The van der Waals surface area contributed by atoms with Crippen molar-refractivity contribution in [3.8, 4) is 0 Å². The molecule has 4 N–H and O–H groups in total. The van der Waals surface area contributed by atoms with Gasteiger partial charge >= 0.3 is 0 Å². The van der Waals surface area contributed by atoms with Gasteiger partial charge < -0.3 is 11.6 Å². The van der Waals surface area contributed by atoms with Crippen LogP contribution in [0.25, 0.3) is 0 Å². The highest BCUT2D eigenvalue weighted by molar-refractivity contribution is 5.29. The third-order valence-corrected chi connectivity index (χ3v) is 1.33. The van der Waals surface area contributed by atoms with Gasteiger partial charge in [-0.15, -0.1) is 5.11 Å². The molecule has 10 heavy (non-hydrogen) atoms. The van der Waals surface area contributed by atoms with Crippen LogP contribution in [0.5, 0.6) is 0 Å². The van der Waals surface area contributed by atoms with E-state index in [1.54, 1.807) is 0 Å². The average Bonchev–Trinajstić information content (AvgIpc) is 1.94. The van der Waals surface area contributed by atoms with Gasteiger partial charge in [-0.3, -0.25) is 0 Å². The molecule has 54 valence electrons. The Morgan fingerprint density at radius 2 is 2.00 bits per heavy atom. The van der Waals surface area contributed by atoms with Crippen LogP contribution in [0.3, 0.4) is 0 Å². The number of allylic oxidation sites excluding steroid dienone is 2. The Kier molecular flexibility index (Phi) is 2.04. The van der Waals surface area contributed by atoms with E-state index in [0.717, 1.165) is 12.8 Å². The highest BCUT2D eigenvalue weighted by atomic mass is 15.3. The lowest BCUT2D eigenvalue weighted by molar-refractivity contribution is 0.929. The van der Waals surface area contributed by atoms with Crippen LogP contribution in [0.4, 0.5) is 0 Å². The third kappa shape index (κ3) is 1.34. The number of nitrogens with zero attached hydrogens (tertiary/aromatic N) is 2. The molecular formula is C6H10N4. The van der Waals surface area contributed by atoms with Crippen LogP contribution in [0, 0.1) is 0 Å². The van der Waals surface area contributed by atoms with Crippen molar-refractivity contribution in [1.82, 2.24) is 0 Å². The molecule has 0 heterocycles. The summed E-state index contributed by atoms with van der Waals surface area (Å²) in [7, 11) is 0. The van der Waals surface area contributed by atoms with Crippen molar-refractivity contribution in [2.75, 3.05) is 0 Å². The first-order valence-electron chi connectivity index (χ1n) is 3.11. The number of hydrogen-bond acceptors (Lipinski definition) is 3. The minimum Gasteiger partial charge on any atom is -0.397 e. The van der Waals surface area contributed by atoms with Crippen molar-refractivity contribution in [3.05, 3.63) is 23.5 Å². The Hall–Kier alpha value is -1.32. The molecule has 0 spiro atoms. The van der Waals surface area contributed by atoms with E-state index in [-0.39, 0.29) is 0 Å². The van der Waals surface area contributed by atoms with Crippen molar-refractivity contribution in [1.29, 1.82) is 0 Å². The second kappa shape index (κ2) is 3.00. The minimum atomic E-state index is 0.667. The van der Waals surface area contributed by atoms with Gasteiger partial charge in [-0.1, -0.05) is 17.4 Å². The highest BCUT2D eigenvalue weighted by Crippen LogP contribution is 2.14. The Bertz CT molecular complexity index is 202.